The maximum absolute atomic E-state index is 13.5. The molecule has 5 heteroatoms. The fourth-order valence-electron chi connectivity index (χ4n) is 1.97. The van der Waals surface area contributed by atoms with Gasteiger partial charge in [0.05, 0.1) is 21.9 Å². The van der Waals surface area contributed by atoms with E-state index >= 15 is 0 Å². The van der Waals surface area contributed by atoms with Crippen molar-refractivity contribution in [1.29, 1.82) is 0 Å². The molecule has 0 unspecified atom stereocenters. The summed E-state index contributed by atoms with van der Waals surface area (Å²) in [5.41, 5.74) is 1.65. The van der Waals surface area contributed by atoms with Gasteiger partial charge in [0.15, 0.2) is 0 Å². The summed E-state index contributed by atoms with van der Waals surface area (Å²) in [6, 6.07) is 2.99. The third-order valence-electron chi connectivity index (χ3n) is 3.07. The molecule has 0 aliphatic rings. The molecule has 2 rings (SSSR count). The highest BCUT2D eigenvalue weighted by molar-refractivity contribution is 6.31. The van der Waals surface area contributed by atoms with Crippen molar-refractivity contribution < 1.29 is 4.39 Å². The van der Waals surface area contributed by atoms with Crippen LogP contribution >= 0.6 is 23.2 Å². The standard InChI is InChI=1S/C14H17Cl2FN2/c1-14(2,3)4-5-19-12-6-9(16)10(17)7-11(12)18-13(19)8-15/h6-7H,4-5,8H2,1-3H3. The number of halogens is 3. The highest BCUT2D eigenvalue weighted by atomic mass is 35.5. The number of alkyl halides is 1. The second-order valence-corrected chi connectivity index (χ2v) is 6.55. The summed E-state index contributed by atoms with van der Waals surface area (Å²) >= 11 is 11.8. The molecular formula is C14H17Cl2FN2. The summed E-state index contributed by atoms with van der Waals surface area (Å²) in [6.45, 7) is 7.33. The van der Waals surface area contributed by atoms with Crippen LogP contribution in [0, 0.1) is 11.2 Å². The molecule has 0 spiro atoms. The van der Waals surface area contributed by atoms with Crippen molar-refractivity contribution in [3.63, 3.8) is 0 Å². The summed E-state index contributed by atoms with van der Waals surface area (Å²) in [7, 11) is 0. The number of hydrogen-bond acceptors (Lipinski definition) is 1. The van der Waals surface area contributed by atoms with Crippen LogP contribution in [-0.2, 0) is 12.4 Å². The number of hydrogen-bond donors (Lipinski definition) is 0. The first-order valence-electron chi connectivity index (χ1n) is 6.22. The summed E-state index contributed by atoms with van der Waals surface area (Å²) in [5.74, 6) is 0.608. The van der Waals surface area contributed by atoms with Crippen molar-refractivity contribution in [2.24, 2.45) is 5.41 Å². The Labute approximate surface area is 122 Å². The number of fused-ring (bicyclic) bond motifs is 1. The molecule has 0 radical (unpaired) electrons. The lowest BCUT2D eigenvalue weighted by molar-refractivity contribution is 0.351. The second-order valence-electron chi connectivity index (χ2n) is 5.88. The van der Waals surface area contributed by atoms with Crippen LogP contribution in [0.3, 0.4) is 0 Å². The van der Waals surface area contributed by atoms with E-state index < -0.39 is 5.82 Å². The Kier molecular flexibility index (Phi) is 4.07. The summed E-state index contributed by atoms with van der Waals surface area (Å²) in [5, 5.41) is 0.116. The summed E-state index contributed by atoms with van der Waals surface area (Å²) in [4.78, 5) is 4.37. The molecule has 2 nitrogen and oxygen atoms in total. The predicted molar refractivity (Wildman–Crippen MR) is 78.3 cm³/mol. The minimum Gasteiger partial charge on any atom is -0.327 e. The Bertz CT molecular complexity index is 599. The largest absolute Gasteiger partial charge is 0.327 e. The van der Waals surface area contributed by atoms with E-state index in [4.69, 9.17) is 23.2 Å². The molecule has 0 N–H and O–H groups in total. The molecule has 0 saturated heterocycles. The smallest absolute Gasteiger partial charge is 0.144 e. The molecular weight excluding hydrogens is 286 g/mol. The Hall–Kier alpha value is -0.800. The van der Waals surface area contributed by atoms with Gasteiger partial charge < -0.3 is 4.57 Å². The van der Waals surface area contributed by atoms with Crippen molar-refractivity contribution >= 4 is 34.2 Å². The maximum Gasteiger partial charge on any atom is 0.144 e. The quantitative estimate of drug-likeness (QED) is 0.729. The van der Waals surface area contributed by atoms with Gasteiger partial charge in [-0.15, -0.1) is 11.6 Å². The third kappa shape index (κ3) is 3.21. The van der Waals surface area contributed by atoms with Gasteiger partial charge in [-0.3, -0.25) is 0 Å². The van der Waals surface area contributed by atoms with E-state index in [0.29, 0.717) is 11.4 Å². The van der Waals surface area contributed by atoms with E-state index in [9.17, 15) is 4.39 Å². The number of aryl methyl sites for hydroxylation is 1. The highest BCUT2D eigenvalue weighted by Gasteiger charge is 2.16. The first-order chi connectivity index (χ1) is 8.81. The molecule has 19 heavy (non-hydrogen) atoms. The average Bonchev–Trinajstić information content (AvgIpc) is 2.63. The van der Waals surface area contributed by atoms with Crippen molar-refractivity contribution in [3.05, 3.63) is 28.8 Å². The van der Waals surface area contributed by atoms with Crippen LogP contribution in [0.25, 0.3) is 11.0 Å². The number of rotatable bonds is 3. The van der Waals surface area contributed by atoms with E-state index in [1.54, 1.807) is 6.07 Å². The van der Waals surface area contributed by atoms with E-state index in [2.05, 4.69) is 25.8 Å². The first-order valence-corrected chi connectivity index (χ1v) is 7.13. The molecule has 0 fully saturated rings. The average molecular weight is 303 g/mol. The number of benzene rings is 1. The lowest BCUT2D eigenvalue weighted by Crippen LogP contribution is -2.12. The monoisotopic (exact) mass is 302 g/mol. The van der Waals surface area contributed by atoms with Crippen LogP contribution in [0.1, 0.15) is 33.0 Å². The van der Waals surface area contributed by atoms with E-state index in [-0.39, 0.29) is 10.4 Å². The molecule has 1 heterocycles. The molecule has 2 aromatic rings. The van der Waals surface area contributed by atoms with Crippen LogP contribution in [-0.4, -0.2) is 9.55 Å². The lowest BCUT2D eigenvalue weighted by Gasteiger charge is -2.19. The Morgan fingerprint density at radius 2 is 2.00 bits per heavy atom. The predicted octanol–water partition coefficient (Wildman–Crippen LogP) is 5.00. The summed E-state index contributed by atoms with van der Waals surface area (Å²) < 4.78 is 15.5. The van der Waals surface area contributed by atoms with Gasteiger partial charge in [-0.25, -0.2) is 9.37 Å². The molecule has 0 amide bonds. The van der Waals surface area contributed by atoms with E-state index in [1.807, 2.05) is 4.57 Å². The molecule has 0 aliphatic carbocycles. The van der Waals surface area contributed by atoms with Gasteiger partial charge in [0.2, 0.25) is 0 Å². The fraction of sp³-hybridized carbons (Fsp3) is 0.500. The first kappa shape index (κ1) is 14.6. The molecule has 0 aliphatic heterocycles. The lowest BCUT2D eigenvalue weighted by atomic mass is 9.92. The Balaban J connectivity index is 2.48. The van der Waals surface area contributed by atoms with Gasteiger partial charge in [-0.1, -0.05) is 32.4 Å². The molecule has 1 aromatic heterocycles. The molecule has 1 aromatic carbocycles. The van der Waals surface area contributed by atoms with Gasteiger partial charge in [0, 0.05) is 12.6 Å². The van der Waals surface area contributed by atoms with Gasteiger partial charge >= 0.3 is 0 Å². The van der Waals surface area contributed by atoms with E-state index in [0.717, 1.165) is 24.3 Å². The van der Waals surface area contributed by atoms with E-state index in [1.165, 1.54) is 6.07 Å². The minimum atomic E-state index is -0.448. The van der Waals surface area contributed by atoms with Crippen LogP contribution in [0.4, 0.5) is 4.39 Å². The molecule has 0 bridgehead atoms. The minimum absolute atomic E-state index is 0.116. The van der Waals surface area contributed by atoms with Gasteiger partial charge in [-0.05, 0) is 17.9 Å². The van der Waals surface area contributed by atoms with Gasteiger partial charge in [0.1, 0.15) is 11.6 Å². The zero-order valence-corrected chi connectivity index (χ0v) is 12.8. The molecule has 0 atom stereocenters. The van der Waals surface area contributed by atoms with Crippen molar-refractivity contribution in [1.82, 2.24) is 9.55 Å². The zero-order chi connectivity index (χ0) is 14.2. The fourth-order valence-corrected chi connectivity index (χ4v) is 2.33. The third-order valence-corrected chi connectivity index (χ3v) is 3.60. The van der Waals surface area contributed by atoms with Crippen LogP contribution < -0.4 is 0 Å². The Morgan fingerprint density at radius 1 is 1.32 bits per heavy atom. The molecule has 0 saturated carbocycles. The zero-order valence-electron chi connectivity index (χ0n) is 11.3. The van der Waals surface area contributed by atoms with Gasteiger partial charge in [0.25, 0.3) is 0 Å². The van der Waals surface area contributed by atoms with Crippen molar-refractivity contribution in [3.8, 4) is 0 Å². The van der Waals surface area contributed by atoms with Crippen molar-refractivity contribution in [2.75, 3.05) is 0 Å². The number of aromatic nitrogens is 2. The SMILES string of the molecule is CC(C)(C)CCn1c(CCl)nc2cc(F)c(Cl)cc21. The summed E-state index contributed by atoms with van der Waals surface area (Å²) in [6.07, 6.45) is 0.983. The Morgan fingerprint density at radius 3 is 2.58 bits per heavy atom. The second kappa shape index (κ2) is 5.29. The topological polar surface area (TPSA) is 17.8 Å². The van der Waals surface area contributed by atoms with Gasteiger partial charge in [-0.2, -0.15) is 0 Å². The van der Waals surface area contributed by atoms with Crippen LogP contribution in [0.2, 0.25) is 5.02 Å². The normalized spacial score (nSPS) is 12.3. The number of imidazole rings is 1. The highest BCUT2D eigenvalue weighted by Crippen LogP contribution is 2.27. The van der Waals surface area contributed by atoms with Crippen LogP contribution in [0.15, 0.2) is 12.1 Å². The number of nitrogens with zero attached hydrogens (tertiary/aromatic N) is 2. The van der Waals surface area contributed by atoms with Crippen LogP contribution in [0.5, 0.6) is 0 Å². The maximum atomic E-state index is 13.5. The van der Waals surface area contributed by atoms with Crippen molar-refractivity contribution in [2.45, 2.75) is 39.6 Å². The molecule has 104 valence electrons.